The second kappa shape index (κ2) is 10.2. The third kappa shape index (κ3) is 6.01. The van der Waals surface area contributed by atoms with Crippen LogP contribution in [0.2, 0.25) is 0 Å². The lowest BCUT2D eigenvalue weighted by molar-refractivity contribution is -0.160. The van der Waals surface area contributed by atoms with E-state index < -0.39 is 11.6 Å². The fourth-order valence-corrected chi connectivity index (χ4v) is 4.13. The number of pyridine rings is 1. The van der Waals surface area contributed by atoms with Crippen molar-refractivity contribution in [3.05, 3.63) is 22.9 Å². The Bertz CT molecular complexity index is 955. The molecular weight excluding hydrogens is 424 g/mol. The number of piperidine rings is 1. The highest BCUT2D eigenvalue weighted by molar-refractivity contribution is 5.92. The number of nitriles is 1. The molecule has 0 N–H and O–H groups in total. The van der Waals surface area contributed by atoms with E-state index in [2.05, 4.69) is 6.07 Å². The minimum absolute atomic E-state index is 0.0238. The Morgan fingerprint density at radius 1 is 1.24 bits per heavy atom. The zero-order valence-electron chi connectivity index (χ0n) is 19.8. The normalized spacial score (nSPS) is 17.1. The van der Waals surface area contributed by atoms with Crippen molar-refractivity contribution in [1.29, 1.82) is 5.26 Å². The standard InChI is InChI=1S/C24H32N4O5/c1-5-32-23(31)18-13-17(14-25)21(26-19(18)15-28-10-6-7-20(28)29)27-11-8-16(9-12-27)22(30)33-24(2,3)4/h13,16H,5-12,15H2,1-4H3. The summed E-state index contributed by atoms with van der Waals surface area (Å²) in [6, 6.07) is 3.65. The van der Waals surface area contributed by atoms with Gasteiger partial charge in [-0.05, 0) is 53.0 Å². The van der Waals surface area contributed by atoms with Crippen LogP contribution >= 0.6 is 0 Å². The van der Waals surface area contributed by atoms with E-state index in [0.29, 0.717) is 50.4 Å². The van der Waals surface area contributed by atoms with Gasteiger partial charge in [-0.1, -0.05) is 0 Å². The average Bonchev–Trinajstić information content (AvgIpc) is 3.17. The summed E-state index contributed by atoms with van der Waals surface area (Å²) in [7, 11) is 0. The predicted octanol–water partition coefficient (Wildman–Crippen LogP) is 2.81. The molecule has 0 aliphatic carbocycles. The number of anilines is 1. The molecule has 0 spiro atoms. The molecule has 2 fully saturated rings. The van der Waals surface area contributed by atoms with Gasteiger partial charge in [-0.15, -0.1) is 0 Å². The number of hydrogen-bond acceptors (Lipinski definition) is 8. The molecule has 33 heavy (non-hydrogen) atoms. The van der Waals surface area contributed by atoms with E-state index in [1.807, 2.05) is 25.7 Å². The molecule has 9 heteroatoms. The highest BCUT2D eigenvalue weighted by Gasteiger charge is 2.32. The molecule has 1 aromatic heterocycles. The number of aromatic nitrogens is 1. The van der Waals surface area contributed by atoms with Crippen LogP contribution in [-0.2, 0) is 25.6 Å². The molecule has 3 heterocycles. The molecule has 178 valence electrons. The van der Waals surface area contributed by atoms with Gasteiger partial charge in [-0.2, -0.15) is 5.26 Å². The lowest BCUT2D eigenvalue weighted by Crippen LogP contribution is -2.39. The molecule has 0 bridgehead atoms. The lowest BCUT2D eigenvalue weighted by atomic mass is 9.96. The third-order valence-corrected chi connectivity index (χ3v) is 5.74. The smallest absolute Gasteiger partial charge is 0.340 e. The third-order valence-electron chi connectivity index (χ3n) is 5.74. The second-order valence-electron chi connectivity index (χ2n) is 9.40. The molecule has 0 unspecified atom stereocenters. The molecule has 9 nitrogen and oxygen atoms in total. The number of amides is 1. The van der Waals surface area contributed by atoms with Gasteiger partial charge in [0, 0.05) is 26.1 Å². The monoisotopic (exact) mass is 456 g/mol. The predicted molar refractivity (Wildman–Crippen MR) is 120 cm³/mol. The highest BCUT2D eigenvalue weighted by atomic mass is 16.6. The van der Waals surface area contributed by atoms with Crippen LogP contribution in [0, 0.1) is 17.2 Å². The largest absolute Gasteiger partial charge is 0.462 e. The van der Waals surface area contributed by atoms with Crippen LogP contribution in [0.1, 0.15) is 75.0 Å². The molecule has 1 aromatic rings. The Labute approximate surface area is 194 Å². The van der Waals surface area contributed by atoms with Crippen LogP contribution in [0.4, 0.5) is 5.82 Å². The molecule has 2 aliphatic heterocycles. The van der Waals surface area contributed by atoms with Gasteiger partial charge < -0.3 is 19.3 Å². The fourth-order valence-electron chi connectivity index (χ4n) is 4.13. The Kier molecular flexibility index (Phi) is 7.57. The summed E-state index contributed by atoms with van der Waals surface area (Å²) in [5, 5.41) is 9.76. The number of nitrogens with zero attached hydrogens (tertiary/aromatic N) is 4. The number of carbonyl (C=O) groups excluding carboxylic acids is 3. The van der Waals surface area contributed by atoms with Gasteiger partial charge >= 0.3 is 11.9 Å². The zero-order valence-corrected chi connectivity index (χ0v) is 19.8. The van der Waals surface area contributed by atoms with Gasteiger partial charge in [0.25, 0.3) is 0 Å². The second-order valence-corrected chi connectivity index (χ2v) is 9.40. The van der Waals surface area contributed by atoms with Crippen molar-refractivity contribution < 1.29 is 23.9 Å². The molecule has 3 rings (SSSR count). The van der Waals surface area contributed by atoms with Crippen molar-refractivity contribution in [2.24, 2.45) is 5.92 Å². The van der Waals surface area contributed by atoms with Gasteiger partial charge in [0.15, 0.2) is 0 Å². The summed E-state index contributed by atoms with van der Waals surface area (Å²) < 4.78 is 10.7. The Morgan fingerprint density at radius 3 is 2.48 bits per heavy atom. The van der Waals surface area contributed by atoms with Crippen molar-refractivity contribution in [2.75, 3.05) is 31.1 Å². The molecule has 0 saturated carbocycles. The fraction of sp³-hybridized carbons (Fsp3) is 0.625. The molecule has 0 atom stereocenters. The summed E-state index contributed by atoms with van der Waals surface area (Å²) in [6.07, 6.45) is 2.42. The van der Waals surface area contributed by atoms with Crippen LogP contribution in [0.15, 0.2) is 6.07 Å². The maximum atomic E-state index is 12.6. The number of hydrogen-bond donors (Lipinski definition) is 0. The van der Waals surface area contributed by atoms with E-state index in [9.17, 15) is 19.6 Å². The van der Waals surface area contributed by atoms with Gasteiger partial charge in [0.2, 0.25) is 5.91 Å². The first-order valence-electron chi connectivity index (χ1n) is 11.5. The van der Waals surface area contributed by atoms with Gasteiger partial charge in [-0.3, -0.25) is 9.59 Å². The number of esters is 2. The average molecular weight is 457 g/mol. The van der Waals surface area contributed by atoms with Crippen molar-refractivity contribution in [3.8, 4) is 6.07 Å². The zero-order chi connectivity index (χ0) is 24.2. The van der Waals surface area contributed by atoms with E-state index in [1.54, 1.807) is 11.8 Å². The van der Waals surface area contributed by atoms with Gasteiger partial charge in [0.1, 0.15) is 17.5 Å². The van der Waals surface area contributed by atoms with Crippen molar-refractivity contribution in [3.63, 3.8) is 0 Å². The van der Waals surface area contributed by atoms with Crippen molar-refractivity contribution >= 4 is 23.7 Å². The van der Waals surface area contributed by atoms with Crippen LogP contribution in [-0.4, -0.2) is 59.6 Å². The molecule has 2 saturated heterocycles. The Morgan fingerprint density at radius 2 is 1.94 bits per heavy atom. The highest BCUT2D eigenvalue weighted by Crippen LogP contribution is 2.29. The maximum Gasteiger partial charge on any atom is 0.340 e. The lowest BCUT2D eigenvalue weighted by Gasteiger charge is -2.34. The summed E-state index contributed by atoms with van der Waals surface area (Å²) in [6.45, 7) is 9.33. The molecular formula is C24H32N4O5. The number of ether oxygens (including phenoxy) is 2. The molecule has 0 radical (unpaired) electrons. The Hall–Kier alpha value is -3.15. The van der Waals surface area contributed by atoms with Crippen LogP contribution < -0.4 is 4.90 Å². The molecule has 1 amide bonds. The SMILES string of the molecule is CCOC(=O)c1cc(C#N)c(N2CCC(C(=O)OC(C)(C)C)CC2)nc1CN1CCCC1=O. The number of carbonyl (C=O) groups is 3. The van der Waals surface area contributed by atoms with E-state index in [4.69, 9.17) is 14.5 Å². The molecule has 0 aromatic carbocycles. The topological polar surface area (TPSA) is 113 Å². The van der Waals surface area contributed by atoms with E-state index in [-0.39, 0.29) is 42.1 Å². The first kappa shape index (κ1) is 24.5. The van der Waals surface area contributed by atoms with Crippen molar-refractivity contribution in [1.82, 2.24) is 9.88 Å². The van der Waals surface area contributed by atoms with Crippen LogP contribution in [0.25, 0.3) is 0 Å². The van der Waals surface area contributed by atoms with Crippen LogP contribution in [0.5, 0.6) is 0 Å². The summed E-state index contributed by atoms with van der Waals surface area (Å²) in [4.78, 5) is 45.5. The minimum Gasteiger partial charge on any atom is -0.462 e. The minimum atomic E-state index is -0.557. The van der Waals surface area contributed by atoms with E-state index in [1.165, 1.54) is 6.07 Å². The van der Waals surface area contributed by atoms with Crippen molar-refractivity contribution in [2.45, 2.75) is 65.5 Å². The first-order valence-corrected chi connectivity index (χ1v) is 11.5. The summed E-state index contributed by atoms with van der Waals surface area (Å²) in [5.41, 5.74) is 0.368. The Balaban J connectivity index is 1.85. The number of likely N-dealkylation sites (tertiary alicyclic amines) is 1. The summed E-state index contributed by atoms with van der Waals surface area (Å²) >= 11 is 0. The maximum absolute atomic E-state index is 12.6. The van der Waals surface area contributed by atoms with E-state index >= 15 is 0 Å². The summed E-state index contributed by atoms with van der Waals surface area (Å²) in [5.74, 6) is -0.475. The van der Waals surface area contributed by atoms with Gasteiger partial charge in [-0.25, -0.2) is 9.78 Å². The van der Waals surface area contributed by atoms with Gasteiger partial charge in [0.05, 0.1) is 35.9 Å². The van der Waals surface area contributed by atoms with E-state index in [0.717, 1.165) is 6.42 Å². The number of rotatable bonds is 6. The quantitative estimate of drug-likeness (QED) is 0.601. The molecule has 2 aliphatic rings. The first-order chi connectivity index (χ1) is 15.6. The van der Waals surface area contributed by atoms with Crippen LogP contribution in [0.3, 0.4) is 0 Å².